The fourth-order valence-electron chi connectivity index (χ4n) is 2.18. The van der Waals surface area contributed by atoms with Crippen molar-refractivity contribution < 1.29 is 5.11 Å². The highest BCUT2D eigenvalue weighted by Crippen LogP contribution is 2.20. The molecular weight excluding hydrogens is 272 g/mol. The van der Waals surface area contributed by atoms with Gasteiger partial charge < -0.3 is 10.0 Å². The molecule has 0 aliphatic heterocycles. The van der Waals surface area contributed by atoms with Gasteiger partial charge in [0.05, 0.1) is 18.2 Å². The number of likely N-dealkylation sites (N-methyl/N-ethyl adjacent to an activating group) is 1. The van der Waals surface area contributed by atoms with E-state index in [2.05, 4.69) is 6.07 Å². The molecule has 0 saturated heterocycles. The first-order valence-electron chi connectivity index (χ1n) is 7.25. The van der Waals surface area contributed by atoms with Gasteiger partial charge in [0, 0.05) is 19.3 Å². The van der Waals surface area contributed by atoms with Gasteiger partial charge in [-0.1, -0.05) is 42.0 Å². The number of nitriles is 1. The van der Waals surface area contributed by atoms with Crippen LogP contribution in [0, 0.1) is 18.3 Å². The Morgan fingerprint density at radius 2 is 1.77 bits per heavy atom. The highest BCUT2D eigenvalue weighted by atomic mass is 16.3. The summed E-state index contributed by atoms with van der Waals surface area (Å²) >= 11 is 0. The Morgan fingerprint density at radius 3 is 2.32 bits per heavy atom. The Balaban J connectivity index is 2.23. The van der Waals surface area contributed by atoms with E-state index in [9.17, 15) is 5.26 Å². The van der Waals surface area contributed by atoms with Crippen LogP contribution in [-0.4, -0.2) is 25.3 Å². The second-order valence-electron chi connectivity index (χ2n) is 5.27. The Hall–Kier alpha value is -2.57. The summed E-state index contributed by atoms with van der Waals surface area (Å²) in [5.41, 5.74) is 4.78. The first-order chi connectivity index (χ1) is 10.6. The van der Waals surface area contributed by atoms with E-state index in [1.165, 1.54) is 5.56 Å². The number of aryl methyl sites for hydroxylation is 1. The summed E-state index contributed by atoms with van der Waals surface area (Å²) in [6.07, 6.45) is 1.89. The molecule has 22 heavy (non-hydrogen) atoms. The van der Waals surface area contributed by atoms with Crippen molar-refractivity contribution >= 4 is 17.3 Å². The van der Waals surface area contributed by atoms with E-state index in [1.54, 1.807) is 0 Å². The average molecular weight is 292 g/mol. The van der Waals surface area contributed by atoms with Crippen LogP contribution in [-0.2, 0) is 0 Å². The van der Waals surface area contributed by atoms with Gasteiger partial charge in [-0.2, -0.15) is 5.26 Å². The van der Waals surface area contributed by atoms with E-state index in [-0.39, 0.29) is 6.61 Å². The molecule has 2 aromatic rings. The first-order valence-corrected chi connectivity index (χ1v) is 7.25. The van der Waals surface area contributed by atoms with Crippen LogP contribution in [0.2, 0.25) is 0 Å². The Morgan fingerprint density at radius 1 is 1.14 bits per heavy atom. The summed E-state index contributed by atoms with van der Waals surface area (Å²) in [5.74, 6) is 0. The van der Waals surface area contributed by atoms with Crippen molar-refractivity contribution in [1.82, 2.24) is 0 Å². The first kappa shape index (κ1) is 15.8. The van der Waals surface area contributed by atoms with Gasteiger partial charge in [0.15, 0.2) is 0 Å². The molecule has 0 bridgehead atoms. The van der Waals surface area contributed by atoms with Crippen LogP contribution < -0.4 is 4.90 Å². The SMILES string of the molecule is Cc1ccc(/C(C#N)=C/c2ccc(N(C)CCO)cc2)cc1. The van der Waals surface area contributed by atoms with E-state index in [0.717, 1.165) is 16.8 Å². The van der Waals surface area contributed by atoms with E-state index in [4.69, 9.17) is 5.11 Å². The molecule has 0 amide bonds. The quantitative estimate of drug-likeness (QED) is 0.678. The maximum absolute atomic E-state index is 9.37. The lowest BCUT2D eigenvalue weighted by molar-refractivity contribution is 0.304. The van der Waals surface area contributed by atoms with Crippen LogP contribution in [0.15, 0.2) is 48.5 Å². The summed E-state index contributed by atoms with van der Waals surface area (Å²) in [6.45, 7) is 2.76. The van der Waals surface area contributed by atoms with Crippen molar-refractivity contribution in [2.45, 2.75) is 6.92 Å². The zero-order chi connectivity index (χ0) is 15.9. The fraction of sp³-hybridized carbons (Fsp3) is 0.211. The van der Waals surface area contributed by atoms with Crippen LogP contribution in [0.25, 0.3) is 11.6 Å². The average Bonchev–Trinajstić information content (AvgIpc) is 2.54. The van der Waals surface area contributed by atoms with Gasteiger partial charge in [0.25, 0.3) is 0 Å². The third-order valence-electron chi connectivity index (χ3n) is 3.56. The lowest BCUT2D eigenvalue weighted by Gasteiger charge is -2.17. The molecule has 1 N–H and O–H groups in total. The van der Waals surface area contributed by atoms with Gasteiger partial charge in [-0.05, 0) is 36.3 Å². The van der Waals surface area contributed by atoms with E-state index < -0.39 is 0 Å². The predicted molar refractivity (Wildman–Crippen MR) is 91.5 cm³/mol. The van der Waals surface area contributed by atoms with Gasteiger partial charge in [-0.15, -0.1) is 0 Å². The third-order valence-corrected chi connectivity index (χ3v) is 3.56. The topological polar surface area (TPSA) is 47.3 Å². The summed E-state index contributed by atoms with van der Waals surface area (Å²) in [5, 5.41) is 18.3. The molecule has 112 valence electrons. The zero-order valence-corrected chi connectivity index (χ0v) is 13.0. The number of rotatable bonds is 5. The minimum atomic E-state index is 0.129. The minimum absolute atomic E-state index is 0.129. The van der Waals surface area contributed by atoms with E-state index in [1.807, 2.05) is 73.5 Å². The van der Waals surface area contributed by atoms with Crippen LogP contribution in [0.3, 0.4) is 0 Å². The monoisotopic (exact) mass is 292 g/mol. The Labute approximate surface area is 131 Å². The number of benzene rings is 2. The molecule has 2 rings (SSSR count). The van der Waals surface area contributed by atoms with Gasteiger partial charge in [-0.25, -0.2) is 0 Å². The van der Waals surface area contributed by atoms with Gasteiger partial charge in [-0.3, -0.25) is 0 Å². The Bertz CT molecular complexity index is 679. The van der Waals surface area contributed by atoms with Crippen LogP contribution in [0.5, 0.6) is 0 Å². The highest BCUT2D eigenvalue weighted by Gasteiger charge is 2.02. The number of hydrogen-bond acceptors (Lipinski definition) is 3. The molecule has 0 atom stereocenters. The molecule has 0 aliphatic rings. The lowest BCUT2D eigenvalue weighted by Crippen LogP contribution is -2.20. The van der Waals surface area contributed by atoms with E-state index in [0.29, 0.717) is 12.1 Å². The molecule has 0 spiro atoms. The molecule has 2 aromatic carbocycles. The smallest absolute Gasteiger partial charge is 0.0998 e. The number of anilines is 1. The summed E-state index contributed by atoms with van der Waals surface area (Å²) in [4.78, 5) is 1.98. The normalized spacial score (nSPS) is 11.1. The van der Waals surface area contributed by atoms with Gasteiger partial charge in [0.1, 0.15) is 0 Å². The van der Waals surface area contributed by atoms with Crippen LogP contribution >= 0.6 is 0 Å². The second-order valence-corrected chi connectivity index (χ2v) is 5.27. The molecule has 0 aliphatic carbocycles. The number of allylic oxidation sites excluding steroid dienone is 1. The Kier molecular flexibility index (Phi) is 5.35. The molecule has 3 heteroatoms. The maximum atomic E-state index is 9.37. The van der Waals surface area contributed by atoms with Crippen LogP contribution in [0.1, 0.15) is 16.7 Å². The second kappa shape index (κ2) is 7.44. The molecule has 0 heterocycles. The number of hydrogen-bond donors (Lipinski definition) is 1. The summed E-state index contributed by atoms with van der Waals surface area (Å²) in [6, 6.07) is 18.2. The molecule has 0 unspecified atom stereocenters. The number of aliphatic hydroxyl groups excluding tert-OH is 1. The van der Waals surface area contributed by atoms with Crippen LogP contribution in [0.4, 0.5) is 5.69 Å². The number of aliphatic hydroxyl groups is 1. The van der Waals surface area contributed by atoms with Crippen molar-refractivity contribution in [1.29, 1.82) is 5.26 Å². The lowest BCUT2D eigenvalue weighted by atomic mass is 10.0. The summed E-state index contributed by atoms with van der Waals surface area (Å²) < 4.78 is 0. The largest absolute Gasteiger partial charge is 0.395 e. The van der Waals surface area contributed by atoms with Crippen molar-refractivity contribution in [3.8, 4) is 6.07 Å². The van der Waals surface area contributed by atoms with Crippen molar-refractivity contribution in [3.63, 3.8) is 0 Å². The maximum Gasteiger partial charge on any atom is 0.0998 e. The van der Waals surface area contributed by atoms with Crippen molar-refractivity contribution in [2.24, 2.45) is 0 Å². The standard InChI is InChI=1S/C19H20N2O/c1-15-3-7-17(8-4-15)18(14-20)13-16-5-9-19(10-6-16)21(2)11-12-22/h3-10,13,22H,11-12H2,1-2H3/b18-13+. The fourth-order valence-corrected chi connectivity index (χ4v) is 2.18. The zero-order valence-electron chi connectivity index (χ0n) is 13.0. The van der Waals surface area contributed by atoms with E-state index >= 15 is 0 Å². The number of nitrogens with zero attached hydrogens (tertiary/aromatic N) is 2. The van der Waals surface area contributed by atoms with Gasteiger partial charge in [0.2, 0.25) is 0 Å². The highest BCUT2D eigenvalue weighted by molar-refractivity contribution is 5.89. The summed E-state index contributed by atoms with van der Waals surface area (Å²) in [7, 11) is 1.94. The molecule has 3 nitrogen and oxygen atoms in total. The van der Waals surface area contributed by atoms with Crippen molar-refractivity contribution in [3.05, 3.63) is 65.2 Å². The molecule has 0 radical (unpaired) electrons. The molecular formula is C19H20N2O. The third kappa shape index (κ3) is 3.97. The minimum Gasteiger partial charge on any atom is -0.395 e. The van der Waals surface area contributed by atoms with Crippen molar-refractivity contribution in [2.75, 3.05) is 25.1 Å². The predicted octanol–water partition coefficient (Wildman–Crippen LogP) is 3.49. The molecule has 0 aromatic heterocycles. The molecule has 0 saturated carbocycles. The molecule has 0 fully saturated rings. The van der Waals surface area contributed by atoms with Gasteiger partial charge >= 0.3 is 0 Å².